The average Bonchev–Trinajstić information content (AvgIpc) is 3.28. The number of rotatable bonds is 52. The molecule has 0 rings (SSSR count). The third-order valence-electron chi connectivity index (χ3n) is 12.2. The fourth-order valence-corrected chi connectivity index (χ4v) is 8.72. The van der Waals surface area contributed by atoms with Gasteiger partial charge in [-0.3, -0.25) is 18.6 Å². The smallest absolute Gasteiger partial charge is 0.462 e. The van der Waals surface area contributed by atoms with Gasteiger partial charge in [0.15, 0.2) is 6.10 Å². The molecule has 0 spiro atoms. The van der Waals surface area contributed by atoms with E-state index in [1.807, 2.05) is 19.0 Å². The monoisotopic (exact) mass is 940 g/mol. The van der Waals surface area contributed by atoms with Crippen LogP contribution < -0.4 is 0 Å². The molecular formula is C55H106NO8P. The van der Waals surface area contributed by atoms with Gasteiger partial charge in [0.2, 0.25) is 0 Å². The van der Waals surface area contributed by atoms with Crippen LogP contribution in [0.25, 0.3) is 0 Å². The zero-order chi connectivity index (χ0) is 47.6. The molecule has 0 aromatic rings. The Morgan fingerprint density at radius 2 is 0.785 bits per heavy atom. The molecule has 0 saturated carbocycles. The van der Waals surface area contributed by atoms with Crippen LogP contribution in [0.2, 0.25) is 0 Å². The molecule has 0 aromatic heterocycles. The van der Waals surface area contributed by atoms with Gasteiger partial charge >= 0.3 is 19.8 Å². The molecule has 0 aliphatic rings. The molecule has 0 fully saturated rings. The summed E-state index contributed by atoms with van der Waals surface area (Å²) < 4.78 is 33.7. The molecule has 65 heavy (non-hydrogen) atoms. The number of allylic oxidation sites excluding steroid dienone is 4. The van der Waals surface area contributed by atoms with Crippen LogP contribution in [0.1, 0.15) is 271 Å². The number of esters is 2. The van der Waals surface area contributed by atoms with Crippen molar-refractivity contribution in [3.05, 3.63) is 24.3 Å². The van der Waals surface area contributed by atoms with Crippen molar-refractivity contribution in [3.8, 4) is 0 Å². The maximum Gasteiger partial charge on any atom is 0.472 e. The van der Waals surface area contributed by atoms with Crippen molar-refractivity contribution in [3.63, 3.8) is 0 Å². The first-order valence-corrected chi connectivity index (χ1v) is 29.1. The van der Waals surface area contributed by atoms with Crippen molar-refractivity contribution >= 4 is 19.8 Å². The van der Waals surface area contributed by atoms with Crippen molar-refractivity contribution < 1.29 is 37.6 Å². The van der Waals surface area contributed by atoms with E-state index in [1.165, 1.54) is 205 Å². The Hall–Kier alpha value is -1.51. The van der Waals surface area contributed by atoms with Crippen LogP contribution in [0.3, 0.4) is 0 Å². The van der Waals surface area contributed by atoms with E-state index < -0.39 is 26.5 Å². The first-order valence-electron chi connectivity index (χ1n) is 27.6. The molecule has 0 bridgehead atoms. The number of carbonyl (C=O) groups is 2. The van der Waals surface area contributed by atoms with Crippen molar-refractivity contribution in [2.45, 2.75) is 277 Å². The second-order valence-corrected chi connectivity index (χ2v) is 20.6. The van der Waals surface area contributed by atoms with E-state index in [0.29, 0.717) is 19.4 Å². The molecule has 0 aromatic carbocycles. The first kappa shape index (κ1) is 63.5. The Labute approximate surface area is 402 Å². The normalized spacial score (nSPS) is 13.3. The van der Waals surface area contributed by atoms with Gasteiger partial charge in [0.05, 0.1) is 13.2 Å². The lowest BCUT2D eigenvalue weighted by Crippen LogP contribution is -2.29. The number of likely N-dealkylation sites (N-methyl/N-ethyl adjacent to an activating group) is 1. The second-order valence-electron chi connectivity index (χ2n) is 19.1. The van der Waals surface area contributed by atoms with Crippen LogP contribution >= 0.6 is 7.82 Å². The molecule has 10 heteroatoms. The third-order valence-corrected chi connectivity index (χ3v) is 13.2. The van der Waals surface area contributed by atoms with Crippen molar-refractivity contribution in [1.82, 2.24) is 4.90 Å². The fourth-order valence-electron chi connectivity index (χ4n) is 7.97. The van der Waals surface area contributed by atoms with Crippen molar-refractivity contribution in [1.29, 1.82) is 0 Å². The third kappa shape index (κ3) is 51.7. The molecule has 384 valence electrons. The summed E-state index contributed by atoms with van der Waals surface area (Å²) in [4.78, 5) is 37.3. The van der Waals surface area contributed by atoms with Gasteiger partial charge in [-0.05, 0) is 78.3 Å². The molecule has 0 amide bonds. The standard InChI is InChI=1S/C55H106NO8P/c1-5-7-9-11-13-15-17-19-21-23-25-27-29-31-33-35-37-39-41-43-45-47-54(57)61-51-53(52-63-65(59,60)62-50-49-56(3)4)64-55(58)48-46-44-42-40-38-36-34-32-30-28-26-24-22-20-18-16-14-12-10-8-6-2/h19-22,53H,5-18,23-52H2,1-4H3,(H,59,60)/b21-19-,22-20-. The lowest BCUT2D eigenvalue weighted by Gasteiger charge is -2.20. The van der Waals surface area contributed by atoms with Gasteiger partial charge in [-0.2, -0.15) is 0 Å². The number of phosphoric ester groups is 1. The van der Waals surface area contributed by atoms with Gasteiger partial charge in [-0.1, -0.05) is 218 Å². The number of carbonyl (C=O) groups excluding carboxylic acids is 2. The highest BCUT2D eigenvalue weighted by atomic mass is 31.2. The largest absolute Gasteiger partial charge is 0.472 e. The average molecular weight is 940 g/mol. The minimum atomic E-state index is -4.37. The highest BCUT2D eigenvalue weighted by molar-refractivity contribution is 7.47. The molecule has 9 nitrogen and oxygen atoms in total. The summed E-state index contributed by atoms with van der Waals surface area (Å²) in [7, 11) is -0.705. The topological polar surface area (TPSA) is 112 Å². The van der Waals surface area contributed by atoms with Crippen molar-refractivity contribution in [2.24, 2.45) is 0 Å². The Morgan fingerprint density at radius 3 is 1.14 bits per heavy atom. The van der Waals surface area contributed by atoms with Gasteiger partial charge < -0.3 is 19.3 Å². The highest BCUT2D eigenvalue weighted by Crippen LogP contribution is 2.43. The van der Waals surface area contributed by atoms with E-state index in [2.05, 4.69) is 38.2 Å². The zero-order valence-corrected chi connectivity index (χ0v) is 44.1. The highest BCUT2D eigenvalue weighted by Gasteiger charge is 2.26. The van der Waals surface area contributed by atoms with Gasteiger partial charge in [-0.15, -0.1) is 0 Å². The summed E-state index contributed by atoms with van der Waals surface area (Å²) in [6, 6.07) is 0. The van der Waals surface area contributed by atoms with Crippen LogP contribution in [-0.4, -0.2) is 68.3 Å². The van der Waals surface area contributed by atoms with E-state index in [1.54, 1.807) is 0 Å². The maximum atomic E-state index is 12.8. The number of hydrogen-bond acceptors (Lipinski definition) is 8. The maximum absolute atomic E-state index is 12.8. The van der Waals surface area contributed by atoms with Gasteiger partial charge in [0.1, 0.15) is 6.61 Å². The molecule has 1 N–H and O–H groups in total. The molecule has 0 aliphatic carbocycles. The summed E-state index contributed by atoms with van der Waals surface area (Å²) in [5.41, 5.74) is 0. The number of hydrogen-bond donors (Lipinski definition) is 1. The lowest BCUT2D eigenvalue weighted by molar-refractivity contribution is -0.161. The van der Waals surface area contributed by atoms with E-state index >= 15 is 0 Å². The Morgan fingerprint density at radius 1 is 0.462 bits per heavy atom. The van der Waals surface area contributed by atoms with E-state index in [9.17, 15) is 19.0 Å². The summed E-state index contributed by atoms with van der Waals surface area (Å²) in [6.07, 6.45) is 56.6. The van der Waals surface area contributed by atoms with E-state index in [-0.39, 0.29) is 25.6 Å². The Bertz CT molecular complexity index is 1130. The molecule has 2 atom stereocenters. The molecule has 2 unspecified atom stereocenters. The van der Waals surface area contributed by atoms with Crippen molar-refractivity contribution in [2.75, 3.05) is 40.5 Å². The van der Waals surface area contributed by atoms with Crippen LogP contribution in [0.5, 0.6) is 0 Å². The number of phosphoric acid groups is 1. The lowest BCUT2D eigenvalue weighted by atomic mass is 10.0. The molecule has 0 saturated heterocycles. The summed E-state index contributed by atoms with van der Waals surface area (Å²) in [5.74, 6) is -0.790. The number of ether oxygens (including phenoxy) is 2. The Balaban J connectivity index is 4.11. The Kier molecular flexibility index (Phi) is 49.2. The summed E-state index contributed by atoms with van der Waals surface area (Å²) in [6.45, 7) is 4.37. The van der Waals surface area contributed by atoms with Crippen LogP contribution in [0, 0.1) is 0 Å². The number of unbranched alkanes of at least 4 members (excludes halogenated alkanes) is 34. The SMILES string of the molecule is CCCCCCCC/C=C\CCCCCCCCCCCCCC(=O)OCC(COP(=O)(O)OCCN(C)C)OC(=O)CCCCCCCCCCCCC/C=C\CCCCCCCC. The minimum absolute atomic E-state index is 0.00931. The van der Waals surface area contributed by atoms with Crippen LogP contribution in [0.4, 0.5) is 0 Å². The van der Waals surface area contributed by atoms with Gasteiger partial charge in [0.25, 0.3) is 0 Å². The molecule has 0 aliphatic heterocycles. The van der Waals surface area contributed by atoms with E-state index in [4.69, 9.17) is 18.5 Å². The van der Waals surface area contributed by atoms with Gasteiger partial charge in [-0.25, -0.2) is 4.57 Å². The summed E-state index contributed by atoms with van der Waals surface area (Å²) in [5, 5.41) is 0. The van der Waals surface area contributed by atoms with Crippen LogP contribution in [-0.2, 0) is 32.7 Å². The second kappa shape index (κ2) is 50.4. The number of nitrogens with zero attached hydrogens (tertiary/aromatic N) is 1. The molecular weight excluding hydrogens is 834 g/mol. The molecule has 0 heterocycles. The first-order chi connectivity index (χ1) is 31.7. The molecule has 0 radical (unpaired) electrons. The summed E-state index contributed by atoms with van der Waals surface area (Å²) >= 11 is 0. The quantitative estimate of drug-likeness (QED) is 0.0276. The minimum Gasteiger partial charge on any atom is -0.462 e. The van der Waals surface area contributed by atoms with E-state index in [0.717, 1.165) is 32.1 Å². The predicted octanol–water partition coefficient (Wildman–Crippen LogP) is 16.9. The van der Waals surface area contributed by atoms with Crippen LogP contribution in [0.15, 0.2) is 24.3 Å². The zero-order valence-electron chi connectivity index (χ0n) is 43.2. The van der Waals surface area contributed by atoms with Gasteiger partial charge in [0, 0.05) is 19.4 Å². The fraction of sp³-hybridized carbons (Fsp3) is 0.891. The predicted molar refractivity (Wildman–Crippen MR) is 275 cm³/mol.